The lowest BCUT2D eigenvalue weighted by atomic mass is 10.1. The molecule has 0 unspecified atom stereocenters. The van der Waals surface area contributed by atoms with Gasteiger partial charge in [0.25, 0.3) is 11.8 Å². The van der Waals surface area contributed by atoms with Crippen molar-refractivity contribution in [2.24, 2.45) is 0 Å². The highest BCUT2D eigenvalue weighted by molar-refractivity contribution is 6.40. The number of anilines is 2. The summed E-state index contributed by atoms with van der Waals surface area (Å²) >= 11 is 12.2. The first-order valence-electron chi connectivity index (χ1n) is 8.16. The molecular formula is C21H16Cl2N2O2. The van der Waals surface area contributed by atoms with E-state index in [9.17, 15) is 9.59 Å². The first-order valence-corrected chi connectivity index (χ1v) is 8.91. The molecule has 0 aromatic heterocycles. The molecule has 3 aromatic rings. The Labute approximate surface area is 167 Å². The predicted octanol–water partition coefficient (Wildman–Crippen LogP) is 5.52. The second kappa shape index (κ2) is 8.25. The Morgan fingerprint density at radius 3 is 2.07 bits per heavy atom. The summed E-state index contributed by atoms with van der Waals surface area (Å²) in [7, 11) is 1.69. The van der Waals surface area contributed by atoms with Crippen molar-refractivity contribution >= 4 is 46.4 Å². The highest BCUT2D eigenvalue weighted by atomic mass is 35.5. The van der Waals surface area contributed by atoms with Crippen molar-refractivity contribution in [2.75, 3.05) is 17.3 Å². The van der Waals surface area contributed by atoms with Gasteiger partial charge in [0.1, 0.15) is 0 Å². The van der Waals surface area contributed by atoms with Crippen LogP contribution in [0.5, 0.6) is 0 Å². The monoisotopic (exact) mass is 398 g/mol. The van der Waals surface area contributed by atoms with E-state index >= 15 is 0 Å². The number of benzene rings is 3. The van der Waals surface area contributed by atoms with Crippen LogP contribution in [-0.2, 0) is 0 Å². The number of halogens is 2. The smallest absolute Gasteiger partial charge is 0.258 e. The molecule has 0 bridgehead atoms. The number of nitrogens with one attached hydrogen (secondary N) is 1. The summed E-state index contributed by atoms with van der Waals surface area (Å²) in [5.74, 6) is -0.617. The van der Waals surface area contributed by atoms with Crippen LogP contribution in [-0.4, -0.2) is 18.9 Å². The number of rotatable bonds is 4. The highest BCUT2D eigenvalue weighted by Crippen LogP contribution is 2.30. The molecule has 6 heteroatoms. The fourth-order valence-corrected chi connectivity index (χ4v) is 3.05. The third kappa shape index (κ3) is 4.30. The quantitative estimate of drug-likeness (QED) is 0.628. The summed E-state index contributed by atoms with van der Waals surface area (Å²) in [5, 5.41) is 3.37. The van der Waals surface area contributed by atoms with Crippen molar-refractivity contribution in [3.05, 3.63) is 94.0 Å². The van der Waals surface area contributed by atoms with E-state index in [0.29, 0.717) is 26.9 Å². The average molecular weight is 399 g/mol. The molecule has 3 aromatic carbocycles. The summed E-state index contributed by atoms with van der Waals surface area (Å²) in [6.07, 6.45) is 0. The van der Waals surface area contributed by atoms with Crippen molar-refractivity contribution in [1.29, 1.82) is 0 Å². The van der Waals surface area contributed by atoms with Crippen molar-refractivity contribution in [3.63, 3.8) is 0 Å². The van der Waals surface area contributed by atoms with Crippen molar-refractivity contribution in [1.82, 2.24) is 0 Å². The molecule has 4 nitrogen and oxygen atoms in total. The fraction of sp³-hybridized carbons (Fsp3) is 0.0476. The minimum absolute atomic E-state index is 0.216. The summed E-state index contributed by atoms with van der Waals surface area (Å²) in [4.78, 5) is 26.8. The molecule has 0 spiro atoms. The van der Waals surface area contributed by atoms with Crippen LogP contribution in [0.2, 0.25) is 10.0 Å². The zero-order valence-corrected chi connectivity index (χ0v) is 16.0. The summed E-state index contributed by atoms with van der Waals surface area (Å²) in [5.41, 5.74) is 1.83. The van der Waals surface area contributed by atoms with Crippen LogP contribution in [0.1, 0.15) is 20.7 Å². The summed E-state index contributed by atoms with van der Waals surface area (Å²) < 4.78 is 0. The molecule has 0 aliphatic carbocycles. The summed E-state index contributed by atoms with van der Waals surface area (Å²) in [6.45, 7) is 0. The van der Waals surface area contributed by atoms with Gasteiger partial charge in [0.2, 0.25) is 0 Å². The maximum Gasteiger partial charge on any atom is 0.258 e. The lowest BCUT2D eigenvalue weighted by Crippen LogP contribution is -2.26. The predicted molar refractivity (Wildman–Crippen MR) is 110 cm³/mol. The van der Waals surface area contributed by atoms with Crippen LogP contribution < -0.4 is 10.2 Å². The van der Waals surface area contributed by atoms with Gasteiger partial charge in [-0.05, 0) is 42.5 Å². The fourth-order valence-electron chi connectivity index (χ4n) is 2.56. The summed E-state index contributed by atoms with van der Waals surface area (Å²) in [6, 6.07) is 20.7. The molecule has 2 amide bonds. The van der Waals surface area contributed by atoms with Gasteiger partial charge in [-0.2, -0.15) is 0 Å². The van der Waals surface area contributed by atoms with E-state index in [-0.39, 0.29) is 5.91 Å². The number of nitrogens with zero attached hydrogens (tertiary/aromatic N) is 1. The van der Waals surface area contributed by atoms with Crippen LogP contribution in [0.3, 0.4) is 0 Å². The topological polar surface area (TPSA) is 49.4 Å². The SMILES string of the molecule is CN(C(=O)c1cccc(C(=O)Nc2c(Cl)cccc2Cl)c1)c1ccccc1. The van der Waals surface area contributed by atoms with Crippen molar-refractivity contribution in [2.45, 2.75) is 0 Å². The van der Waals surface area contributed by atoms with Gasteiger partial charge < -0.3 is 10.2 Å². The van der Waals surface area contributed by atoms with Gasteiger partial charge in [-0.3, -0.25) is 9.59 Å². The van der Waals surface area contributed by atoms with Gasteiger partial charge in [-0.15, -0.1) is 0 Å². The third-order valence-corrected chi connectivity index (χ3v) is 4.65. The molecule has 0 heterocycles. The largest absolute Gasteiger partial charge is 0.319 e. The second-order valence-electron chi connectivity index (χ2n) is 5.83. The maximum absolute atomic E-state index is 12.7. The number of para-hydroxylation sites is 2. The van der Waals surface area contributed by atoms with E-state index in [0.717, 1.165) is 5.69 Å². The Hall–Kier alpha value is -2.82. The average Bonchev–Trinajstić information content (AvgIpc) is 2.70. The lowest BCUT2D eigenvalue weighted by Gasteiger charge is -2.17. The molecule has 136 valence electrons. The van der Waals surface area contributed by atoms with Gasteiger partial charge in [0.05, 0.1) is 15.7 Å². The van der Waals surface area contributed by atoms with E-state index in [1.807, 2.05) is 30.3 Å². The Bertz CT molecular complexity index is 970. The molecule has 0 saturated heterocycles. The Balaban J connectivity index is 1.83. The molecule has 0 aliphatic rings. The van der Waals surface area contributed by atoms with Crippen LogP contribution in [0.15, 0.2) is 72.8 Å². The van der Waals surface area contributed by atoms with Crippen LogP contribution >= 0.6 is 23.2 Å². The number of amides is 2. The minimum atomic E-state index is -0.401. The van der Waals surface area contributed by atoms with Crippen LogP contribution in [0.25, 0.3) is 0 Å². The van der Waals surface area contributed by atoms with Crippen LogP contribution in [0.4, 0.5) is 11.4 Å². The molecular weight excluding hydrogens is 383 g/mol. The van der Waals surface area contributed by atoms with E-state index in [1.165, 1.54) is 4.90 Å². The van der Waals surface area contributed by atoms with E-state index in [1.54, 1.807) is 49.5 Å². The second-order valence-corrected chi connectivity index (χ2v) is 6.65. The Morgan fingerprint density at radius 1 is 0.815 bits per heavy atom. The van der Waals surface area contributed by atoms with Crippen LogP contribution in [0, 0.1) is 0 Å². The van der Waals surface area contributed by atoms with Gasteiger partial charge in [-0.25, -0.2) is 0 Å². The molecule has 1 N–H and O–H groups in total. The first kappa shape index (κ1) is 19.0. The van der Waals surface area contributed by atoms with E-state index in [2.05, 4.69) is 5.32 Å². The molecule has 3 rings (SSSR count). The zero-order chi connectivity index (χ0) is 19.4. The number of carbonyl (C=O) groups is 2. The Kier molecular flexibility index (Phi) is 5.79. The molecule has 0 radical (unpaired) electrons. The first-order chi connectivity index (χ1) is 13.0. The van der Waals surface area contributed by atoms with Gasteiger partial charge in [0, 0.05) is 23.9 Å². The third-order valence-electron chi connectivity index (χ3n) is 4.02. The minimum Gasteiger partial charge on any atom is -0.319 e. The van der Waals surface area contributed by atoms with Gasteiger partial charge in [0.15, 0.2) is 0 Å². The molecule has 0 fully saturated rings. The normalized spacial score (nSPS) is 10.3. The standard InChI is InChI=1S/C21H16Cl2N2O2/c1-25(16-9-3-2-4-10-16)21(27)15-8-5-7-14(13-15)20(26)24-19-17(22)11-6-12-18(19)23/h2-13H,1H3,(H,24,26). The lowest BCUT2D eigenvalue weighted by molar-refractivity contribution is 0.0993. The molecule has 0 aliphatic heterocycles. The molecule has 0 saturated carbocycles. The Morgan fingerprint density at radius 2 is 1.41 bits per heavy atom. The molecule has 27 heavy (non-hydrogen) atoms. The molecule has 0 atom stereocenters. The maximum atomic E-state index is 12.7. The van der Waals surface area contributed by atoms with Gasteiger partial charge >= 0.3 is 0 Å². The van der Waals surface area contributed by atoms with E-state index < -0.39 is 5.91 Å². The number of carbonyl (C=O) groups excluding carboxylic acids is 2. The van der Waals surface area contributed by atoms with Crippen molar-refractivity contribution < 1.29 is 9.59 Å². The number of hydrogen-bond donors (Lipinski definition) is 1. The highest BCUT2D eigenvalue weighted by Gasteiger charge is 2.16. The van der Waals surface area contributed by atoms with Crippen molar-refractivity contribution in [3.8, 4) is 0 Å². The van der Waals surface area contributed by atoms with Gasteiger partial charge in [-0.1, -0.05) is 53.5 Å². The zero-order valence-electron chi connectivity index (χ0n) is 14.4. The van der Waals surface area contributed by atoms with E-state index in [4.69, 9.17) is 23.2 Å². The number of hydrogen-bond acceptors (Lipinski definition) is 2.